The third-order valence-corrected chi connectivity index (χ3v) is 4.01. The van der Waals surface area contributed by atoms with Gasteiger partial charge in [-0.05, 0) is 19.8 Å². The van der Waals surface area contributed by atoms with E-state index >= 15 is 0 Å². The molecule has 1 aliphatic rings. The normalized spacial score (nSPS) is 23.1. The van der Waals surface area contributed by atoms with Crippen LogP contribution in [0.2, 0.25) is 0 Å². The molecule has 104 valence electrons. The molecule has 1 aliphatic heterocycles. The number of thioether (sulfide) groups is 1. The summed E-state index contributed by atoms with van der Waals surface area (Å²) in [6, 6.07) is -1.01. The van der Waals surface area contributed by atoms with Crippen molar-refractivity contribution in [3.05, 3.63) is 0 Å². The van der Waals surface area contributed by atoms with Crippen molar-refractivity contribution in [2.75, 3.05) is 26.0 Å². The molecule has 2 amide bonds. The van der Waals surface area contributed by atoms with E-state index in [9.17, 15) is 9.59 Å². The number of nitrogens with one attached hydrogen (secondary N) is 1. The minimum Gasteiger partial charge on any atom is -0.480 e. The number of amides is 2. The minimum atomic E-state index is -0.943. The van der Waals surface area contributed by atoms with Crippen molar-refractivity contribution in [1.82, 2.24) is 10.2 Å². The molecule has 0 aliphatic carbocycles. The molecule has 0 radical (unpaired) electrons. The van der Waals surface area contributed by atoms with E-state index in [1.165, 1.54) is 16.7 Å². The van der Waals surface area contributed by atoms with Gasteiger partial charge in [0.1, 0.15) is 6.04 Å². The number of nitrogens with zero attached hydrogens (tertiary/aromatic N) is 1. The smallest absolute Gasteiger partial charge is 0.327 e. The summed E-state index contributed by atoms with van der Waals surface area (Å²) in [5.74, 6) is -0.491. The second-order valence-corrected chi connectivity index (χ2v) is 5.47. The number of unbranched alkanes of at least 4 members (excludes halogenated alkanes) is 1. The second-order valence-electron chi connectivity index (χ2n) is 4.13. The van der Waals surface area contributed by atoms with Crippen LogP contribution in [-0.2, 0) is 9.53 Å². The summed E-state index contributed by atoms with van der Waals surface area (Å²) in [6.07, 6.45) is 1.70. The summed E-state index contributed by atoms with van der Waals surface area (Å²) >= 11 is 1.48. The summed E-state index contributed by atoms with van der Waals surface area (Å²) in [4.78, 5) is 24.3. The fraction of sp³-hybridized carbons (Fsp3) is 0.818. The highest BCUT2D eigenvalue weighted by Crippen LogP contribution is 2.28. The third-order valence-electron chi connectivity index (χ3n) is 2.79. The lowest BCUT2D eigenvalue weighted by Crippen LogP contribution is -2.49. The van der Waals surface area contributed by atoms with E-state index in [1.54, 1.807) is 7.11 Å². The van der Waals surface area contributed by atoms with Crippen LogP contribution in [0.5, 0.6) is 0 Å². The molecular weight excluding hydrogens is 256 g/mol. The second kappa shape index (κ2) is 7.48. The summed E-state index contributed by atoms with van der Waals surface area (Å²) in [6.45, 7) is 3.06. The fourth-order valence-corrected chi connectivity index (χ4v) is 2.97. The van der Waals surface area contributed by atoms with Gasteiger partial charge in [-0.25, -0.2) is 9.59 Å². The summed E-state index contributed by atoms with van der Waals surface area (Å²) < 4.78 is 4.91. The number of hydrogen-bond acceptors (Lipinski definition) is 4. The minimum absolute atomic E-state index is 0.0925. The third kappa shape index (κ3) is 4.06. The Bertz CT molecular complexity index is 301. The summed E-state index contributed by atoms with van der Waals surface area (Å²) in [5.41, 5.74) is 0. The van der Waals surface area contributed by atoms with Crippen LogP contribution >= 0.6 is 11.8 Å². The molecule has 1 fully saturated rings. The van der Waals surface area contributed by atoms with E-state index in [2.05, 4.69) is 5.32 Å². The molecule has 0 spiro atoms. The van der Waals surface area contributed by atoms with E-state index < -0.39 is 12.0 Å². The van der Waals surface area contributed by atoms with Crippen molar-refractivity contribution in [3.63, 3.8) is 0 Å². The molecule has 0 aromatic heterocycles. The Morgan fingerprint density at radius 3 is 2.83 bits per heavy atom. The van der Waals surface area contributed by atoms with Crippen molar-refractivity contribution in [2.24, 2.45) is 0 Å². The Morgan fingerprint density at radius 2 is 2.22 bits per heavy atom. The van der Waals surface area contributed by atoms with Gasteiger partial charge in [-0.2, -0.15) is 0 Å². The van der Waals surface area contributed by atoms with Gasteiger partial charge >= 0.3 is 12.0 Å². The highest BCUT2D eigenvalue weighted by Gasteiger charge is 2.39. The Balaban J connectivity index is 2.37. The number of aliphatic carboxylic acids is 1. The lowest BCUT2D eigenvalue weighted by atomic mass is 10.3. The number of carbonyl (C=O) groups is 2. The first-order valence-electron chi connectivity index (χ1n) is 5.97. The van der Waals surface area contributed by atoms with Crippen molar-refractivity contribution < 1.29 is 19.4 Å². The SMILES string of the molecule is COCCCCNC(=O)N1C(C)SCC1C(=O)O. The van der Waals surface area contributed by atoms with Crippen LogP contribution in [0.4, 0.5) is 4.79 Å². The molecule has 6 nitrogen and oxygen atoms in total. The van der Waals surface area contributed by atoms with Gasteiger partial charge < -0.3 is 15.2 Å². The highest BCUT2D eigenvalue weighted by molar-refractivity contribution is 8.00. The van der Waals surface area contributed by atoms with E-state index in [-0.39, 0.29) is 11.4 Å². The molecule has 2 unspecified atom stereocenters. The van der Waals surface area contributed by atoms with Gasteiger partial charge in [0.15, 0.2) is 0 Å². The molecular formula is C11H20N2O4S. The Morgan fingerprint density at radius 1 is 1.50 bits per heavy atom. The number of carboxylic acids is 1. The maximum Gasteiger partial charge on any atom is 0.327 e. The zero-order chi connectivity index (χ0) is 13.5. The van der Waals surface area contributed by atoms with Gasteiger partial charge in [-0.15, -0.1) is 11.8 Å². The molecule has 1 heterocycles. The van der Waals surface area contributed by atoms with Crippen molar-refractivity contribution >= 4 is 23.8 Å². The molecule has 2 N–H and O–H groups in total. The maximum absolute atomic E-state index is 11.9. The monoisotopic (exact) mass is 276 g/mol. The van der Waals surface area contributed by atoms with Crippen LogP contribution in [0, 0.1) is 0 Å². The first-order valence-corrected chi connectivity index (χ1v) is 7.02. The number of ether oxygens (including phenoxy) is 1. The number of carboxylic acid groups (broad SMARTS) is 1. The number of carbonyl (C=O) groups excluding carboxylic acids is 1. The summed E-state index contributed by atoms with van der Waals surface area (Å²) in [7, 11) is 1.64. The van der Waals surface area contributed by atoms with Gasteiger partial charge in [-0.3, -0.25) is 4.90 Å². The standard InChI is InChI=1S/C11H20N2O4S/c1-8-13(9(7-18-8)10(14)15)11(16)12-5-3-4-6-17-2/h8-9H,3-7H2,1-2H3,(H,12,16)(H,14,15). The predicted octanol–water partition coefficient (Wildman–Crippen LogP) is 0.971. The topological polar surface area (TPSA) is 78.9 Å². The molecule has 0 saturated carbocycles. The lowest BCUT2D eigenvalue weighted by Gasteiger charge is -2.25. The predicted molar refractivity (Wildman–Crippen MR) is 69.7 cm³/mol. The quantitative estimate of drug-likeness (QED) is 0.707. The van der Waals surface area contributed by atoms with Crippen molar-refractivity contribution in [3.8, 4) is 0 Å². The number of hydrogen-bond donors (Lipinski definition) is 2. The van der Waals surface area contributed by atoms with Crippen LogP contribution in [0.25, 0.3) is 0 Å². The average Bonchev–Trinajstić information content (AvgIpc) is 2.71. The Kier molecular flexibility index (Phi) is 6.28. The fourth-order valence-electron chi connectivity index (χ4n) is 1.80. The molecule has 18 heavy (non-hydrogen) atoms. The number of methoxy groups -OCH3 is 1. The molecule has 1 saturated heterocycles. The Labute approximate surface area is 111 Å². The zero-order valence-electron chi connectivity index (χ0n) is 10.7. The van der Waals surface area contributed by atoms with Crippen molar-refractivity contribution in [1.29, 1.82) is 0 Å². The first kappa shape index (κ1) is 15.1. The zero-order valence-corrected chi connectivity index (χ0v) is 11.5. The van der Waals surface area contributed by atoms with E-state index in [0.29, 0.717) is 18.9 Å². The molecule has 7 heteroatoms. The van der Waals surface area contributed by atoms with Crippen LogP contribution in [-0.4, -0.2) is 59.4 Å². The highest BCUT2D eigenvalue weighted by atomic mass is 32.2. The largest absolute Gasteiger partial charge is 0.480 e. The number of rotatable bonds is 6. The van der Waals surface area contributed by atoms with Crippen LogP contribution < -0.4 is 5.32 Å². The molecule has 2 atom stereocenters. The molecule has 0 aromatic carbocycles. The summed E-state index contributed by atoms with van der Waals surface area (Å²) in [5, 5.41) is 11.7. The van der Waals surface area contributed by atoms with Gasteiger partial charge in [0, 0.05) is 26.0 Å². The van der Waals surface area contributed by atoms with Crippen LogP contribution in [0.3, 0.4) is 0 Å². The lowest BCUT2D eigenvalue weighted by molar-refractivity contribution is -0.141. The van der Waals surface area contributed by atoms with E-state index in [0.717, 1.165) is 12.8 Å². The van der Waals surface area contributed by atoms with Crippen LogP contribution in [0.15, 0.2) is 0 Å². The Hall–Kier alpha value is -0.950. The van der Waals surface area contributed by atoms with E-state index in [1.807, 2.05) is 6.92 Å². The first-order chi connectivity index (χ1) is 8.57. The van der Waals surface area contributed by atoms with Gasteiger partial charge in [0.05, 0.1) is 5.37 Å². The number of urea groups is 1. The van der Waals surface area contributed by atoms with E-state index in [4.69, 9.17) is 9.84 Å². The van der Waals surface area contributed by atoms with Gasteiger partial charge in [0.25, 0.3) is 0 Å². The maximum atomic E-state index is 11.9. The molecule has 0 aromatic rings. The van der Waals surface area contributed by atoms with Gasteiger partial charge in [-0.1, -0.05) is 0 Å². The van der Waals surface area contributed by atoms with Crippen molar-refractivity contribution in [2.45, 2.75) is 31.2 Å². The van der Waals surface area contributed by atoms with Crippen LogP contribution in [0.1, 0.15) is 19.8 Å². The molecule has 1 rings (SSSR count). The average molecular weight is 276 g/mol. The molecule has 0 bridgehead atoms. The van der Waals surface area contributed by atoms with Gasteiger partial charge in [0.2, 0.25) is 0 Å².